The van der Waals surface area contributed by atoms with Crippen LogP contribution in [0.2, 0.25) is 0 Å². The van der Waals surface area contributed by atoms with Crippen molar-refractivity contribution < 1.29 is 32.2 Å². The number of hydrogen-bond donors (Lipinski definition) is 1. The second kappa shape index (κ2) is 9.58. The number of ether oxygens (including phenoxy) is 3. The Hall–Kier alpha value is -4.22. The van der Waals surface area contributed by atoms with E-state index in [0.29, 0.717) is 58.8 Å². The van der Waals surface area contributed by atoms with E-state index in [2.05, 4.69) is 5.10 Å². The van der Waals surface area contributed by atoms with E-state index in [-0.39, 0.29) is 18.8 Å². The van der Waals surface area contributed by atoms with Gasteiger partial charge in [0.15, 0.2) is 0 Å². The highest BCUT2D eigenvalue weighted by Crippen LogP contribution is 2.38. The lowest BCUT2D eigenvalue weighted by Crippen LogP contribution is -2.53. The topological polar surface area (TPSA) is 109 Å². The summed E-state index contributed by atoms with van der Waals surface area (Å²) in [6.45, 7) is 0.518. The number of rotatable bonds is 6. The molecule has 2 heterocycles. The van der Waals surface area contributed by atoms with Crippen molar-refractivity contribution in [2.75, 3.05) is 32.2 Å². The minimum Gasteiger partial charge on any atom is -0.497 e. The molecule has 2 aliphatic rings. The Balaban J connectivity index is 1.67. The van der Waals surface area contributed by atoms with Crippen molar-refractivity contribution in [3.05, 3.63) is 63.4 Å². The van der Waals surface area contributed by atoms with E-state index in [1.165, 1.54) is 26.4 Å². The number of nitrogens with zero attached hydrogens (tertiary/aromatic N) is 3. The smallest absolute Gasteiger partial charge is 0.418 e. The van der Waals surface area contributed by atoms with Crippen molar-refractivity contribution in [3.8, 4) is 28.4 Å². The van der Waals surface area contributed by atoms with Crippen molar-refractivity contribution in [1.29, 1.82) is 0 Å². The average Bonchev–Trinajstić information content (AvgIpc) is 3.35. The Morgan fingerprint density at radius 2 is 1.68 bits per heavy atom. The number of aromatic nitrogens is 2. The molecule has 0 saturated carbocycles. The van der Waals surface area contributed by atoms with Crippen molar-refractivity contribution >= 4 is 11.8 Å². The number of halogens is 3. The summed E-state index contributed by atoms with van der Waals surface area (Å²) in [5.74, 6) is 0.961. The lowest BCUT2D eigenvalue weighted by atomic mass is 10.0. The fourth-order valence-electron chi connectivity index (χ4n) is 4.93. The SMILES string of the molecule is COc1cc(OC)cc(-c2nn(-c3cc(N4CC(OC(N)=O)C4)ccc3C(F)(F)F)c(=O)c3c2CCC3)c1. The first-order valence-electron chi connectivity index (χ1n) is 11.9. The Labute approximate surface area is 215 Å². The summed E-state index contributed by atoms with van der Waals surface area (Å²) >= 11 is 0. The molecule has 5 rings (SSSR count). The van der Waals surface area contributed by atoms with Gasteiger partial charge in [-0.25, -0.2) is 4.79 Å². The molecular weight excluding hydrogens is 505 g/mol. The number of carbonyl (C=O) groups is 1. The van der Waals surface area contributed by atoms with Gasteiger partial charge in [0.25, 0.3) is 5.56 Å². The Morgan fingerprint density at radius 1 is 1.03 bits per heavy atom. The standard InChI is InChI=1S/C26H25F3N4O5/c1-36-16-8-14(9-17(11-16)37-2)23-19-4-3-5-20(19)24(34)33(31-23)22-10-15(6-7-21(22)26(27,28)29)32-12-18(13-32)38-25(30)35/h6-11,18H,3-5,12-13H2,1-2H3,(H2,30,35). The number of primary amides is 1. The Morgan fingerprint density at radius 3 is 2.29 bits per heavy atom. The van der Waals surface area contributed by atoms with E-state index in [1.54, 1.807) is 23.1 Å². The molecule has 0 atom stereocenters. The third kappa shape index (κ3) is 4.61. The van der Waals surface area contributed by atoms with Crippen LogP contribution in [0.15, 0.2) is 41.2 Å². The van der Waals surface area contributed by atoms with Crippen LogP contribution in [0.5, 0.6) is 11.5 Å². The lowest BCUT2D eigenvalue weighted by Gasteiger charge is -2.40. The first kappa shape index (κ1) is 25.4. The molecule has 1 aliphatic carbocycles. The van der Waals surface area contributed by atoms with E-state index >= 15 is 0 Å². The minimum atomic E-state index is -4.74. The minimum absolute atomic E-state index is 0.259. The number of methoxy groups -OCH3 is 2. The quantitative estimate of drug-likeness (QED) is 0.518. The number of nitrogens with two attached hydrogens (primary N) is 1. The zero-order chi connectivity index (χ0) is 27.2. The van der Waals surface area contributed by atoms with Gasteiger partial charge in [-0.2, -0.15) is 23.0 Å². The lowest BCUT2D eigenvalue weighted by molar-refractivity contribution is -0.137. The highest BCUT2D eigenvalue weighted by atomic mass is 19.4. The predicted molar refractivity (Wildman–Crippen MR) is 132 cm³/mol. The molecule has 38 heavy (non-hydrogen) atoms. The summed E-state index contributed by atoms with van der Waals surface area (Å²) < 4.78 is 58.9. The van der Waals surface area contributed by atoms with E-state index in [1.807, 2.05) is 0 Å². The largest absolute Gasteiger partial charge is 0.497 e. The molecule has 9 nitrogen and oxygen atoms in total. The van der Waals surface area contributed by atoms with Crippen LogP contribution in [-0.2, 0) is 23.8 Å². The summed E-state index contributed by atoms with van der Waals surface area (Å²) in [6.07, 6.45) is -4.42. The second-order valence-corrected chi connectivity index (χ2v) is 9.14. The van der Waals surface area contributed by atoms with Gasteiger partial charge in [0.2, 0.25) is 0 Å². The maximum Gasteiger partial charge on any atom is 0.418 e. The molecule has 0 radical (unpaired) electrons. The molecule has 12 heteroatoms. The monoisotopic (exact) mass is 530 g/mol. The van der Waals surface area contributed by atoms with Gasteiger partial charge in [-0.05, 0) is 55.2 Å². The summed E-state index contributed by atoms with van der Waals surface area (Å²) in [6, 6.07) is 8.63. The first-order chi connectivity index (χ1) is 18.1. The van der Waals surface area contributed by atoms with E-state index in [9.17, 15) is 22.8 Å². The van der Waals surface area contributed by atoms with Gasteiger partial charge in [0.1, 0.15) is 17.6 Å². The number of alkyl halides is 3. The fourth-order valence-corrected chi connectivity index (χ4v) is 4.93. The molecule has 2 aromatic carbocycles. The summed E-state index contributed by atoms with van der Waals surface area (Å²) in [4.78, 5) is 26.2. The normalized spacial score (nSPS) is 15.1. The highest BCUT2D eigenvalue weighted by molar-refractivity contribution is 5.69. The third-order valence-electron chi connectivity index (χ3n) is 6.79. The predicted octanol–water partition coefficient (Wildman–Crippen LogP) is 3.71. The zero-order valence-corrected chi connectivity index (χ0v) is 20.7. The van der Waals surface area contributed by atoms with Crippen molar-refractivity contribution in [1.82, 2.24) is 9.78 Å². The Kier molecular flexibility index (Phi) is 6.41. The van der Waals surface area contributed by atoms with Gasteiger partial charge in [-0.15, -0.1) is 0 Å². The number of carbonyl (C=O) groups excluding carboxylic acids is 1. The van der Waals surface area contributed by atoms with Crippen LogP contribution < -0.4 is 25.7 Å². The zero-order valence-electron chi connectivity index (χ0n) is 20.7. The van der Waals surface area contributed by atoms with Crippen LogP contribution in [0.25, 0.3) is 16.9 Å². The molecule has 1 aromatic heterocycles. The molecule has 1 fully saturated rings. The third-order valence-corrected chi connectivity index (χ3v) is 6.79. The number of benzene rings is 2. The van der Waals surface area contributed by atoms with E-state index < -0.39 is 29.5 Å². The van der Waals surface area contributed by atoms with E-state index in [4.69, 9.17) is 19.9 Å². The number of amides is 1. The maximum absolute atomic E-state index is 14.1. The van der Waals surface area contributed by atoms with Gasteiger partial charge in [-0.1, -0.05) is 0 Å². The van der Waals surface area contributed by atoms with Crippen LogP contribution in [0.3, 0.4) is 0 Å². The maximum atomic E-state index is 14.1. The van der Waals surface area contributed by atoms with Crippen molar-refractivity contribution in [2.45, 2.75) is 31.5 Å². The Bertz CT molecular complexity index is 1440. The number of hydrogen-bond acceptors (Lipinski definition) is 7. The van der Waals surface area contributed by atoms with Crippen molar-refractivity contribution in [2.24, 2.45) is 5.73 Å². The fraction of sp³-hybridized carbons (Fsp3) is 0.346. The summed E-state index contributed by atoms with van der Waals surface area (Å²) in [5.41, 5.74) is 5.62. The molecule has 1 amide bonds. The van der Waals surface area contributed by atoms with Crippen LogP contribution in [-0.4, -0.2) is 49.3 Å². The molecule has 0 bridgehead atoms. The van der Waals surface area contributed by atoms with Gasteiger partial charge < -0.3 is 24.8 Å². The van der Waals surface area contributed by atoms with Crippen LogP contribution >= 0.6 is 0 Å². The van der Waals surface area contributed by atoms with Crippen LogP contribution in [0.1, 0.15) is 23.1 Å². The second-order valence-electron chi connectivity index (χ2n) is 9.14. The number of anilines is 1. The summed E-state index contributed by atoms with van der Waals surface area (Å²) in [5, 5.41) is 4.50. The first-order valence-corrected chi connectivity index (χ1v) is 11.9. The number of fused-ring (bicyclic) bond motifs is 1. The van der Waals surface area contributed by atoms with E-state index in [0.717, 1.165) is 10.7 Å². The highest BCUT2D eigenvalue weighted by Gasteiger charge is 2.37. The van der Waals surface area contributed by atoms with Gasteiger partial charge >= 0.3 is 12.3 Å². The molecule has 200 valence electrons. The molecule has 1 saturated heterocycles. The molecular formula is C26H25F3N4O5. The van der Waals surface area contributed by atoms with Crippen LogP contribution in [0, 0.1) is 0 Å². The molecule has 1 aliphatic heterocycles. The summed E-state index contributed by atoms with van der Waals surface area (Å²) in [7, 11) is 2.99. The van der Waals surface area contributed by atoms with Gasteiger partial charge in [0.05, 0.1) is 44.3 Å². The van der Waals surface area contributed by atoms with Gasteiger partial charge in [-0.3, -0.25) is 4.79 Å². The molecule has 0 unspecified atom stereocenters. The van der Waals surface area contributed by atoms with Crippen molar-refractivity contribution in [3.63, 3.8) is 0 Å². The molecule has 2 N–H and O–H groups in total. The van der Waals surface area contributed by atoms with Crippen LogP contribution in [0.4, 0.5) is 23.7 Å². The van der Waals surface area contributed by atoms with Gasteiger partial charge in [0, 0.05) is 22.9 Å². The molecule has 3 aromatic rings. The average molecular weight is 531 g/mol. The molecule has 0 spiro atoms.